The molecule has 3 rings (SSSR count). The van der Waals surface area contributed by atoms with Crippen LogP contribution in [0.2, 0.25) is 0 Å². The molecule has 0 N–H and O–H groups in total. The van der Waals surface area contributed by atoms with Crippen molar-refractivity contribution in [3.63, 3.8) is 0 Å². The van der Waals surface area contributed by atoms with Crippen molar-refractivity contribution in [3.05, 3.63) is 96.1 Å². The van der Waals surface area contributed by atoms with Crippen LogP contribution in [0.1, 0.15) is 24.8 Å². The third-order valence-corrected chi connectivity index (χ3v) is 4.72. The lowest BCUT2D eigenvalue weighted by Gasteiger charge is -2.21. The predicted molar refractivity (Wildman–Crippen MR) is 119 cm³/mol. The number of carbonyl (C=O) groups excluding carboxylic acids is 2. The normalized spacial score (nSPS) is 11.0. The van der Waals surface area contributed by atoms with E-state index in [1.807, 2.05) is 83.6 Å². The molecule has 0 spiro atoms. The summed E-state index contributed by atoms with van der Waals surface area (Å²) in [4.78, 5) is 31.0. The third-order valence-electron chi connectivity index (χ3n) is 4.72. The van der Waals surface area contributed by atoms with Crippen molar-refractivity contribution >= 4 is 17.5 Å². The number of para-hydroxylation sites is 1. The number of carbonyl (C=O) groups is 2. The number of nitrogens with zero attached hydrogens (tertiary/aromatic N) is 4. The number of hydrogen-bond acceptors (Lipinski definition) is 3. The van der Waals surface area contributed by atoms with E-state index in [1.54, 1.807) is 11.0 Å². The second kappa shape index (κ2) is 11.3. The van der Waals surface area contributed by atoms with Crippen LogP contribution in [-0.2, 0) is 16.1 Å². The van der Waals surface area contributed by atoms with Crippen LogP contribution in [-0.4, -0.2) is 22.9 Å². The molecule has 6 heteroatoms. The van der Waals surface area contributed by atoms with Crippen LogP contribution >= 0.6 is 0 Å². The average molecular weight is 412 g/mol. The summed E-state index contributed by atoms with van der Waals surface area (Å²) >= 11 is 0. The van der Waals surface area contributed by atoms with Gasteiger partial charge in [-0.1, -0.05) is 54.6 Å². The highest BCUT2D eigenvalue weighted by molar-refractivity contribution is 5.95. The SMILES string of the molecule is N#CCCN(C(=O)CCC(=O)N=c1ccccn1Cc1ccccc1)c1ccccc1. The van der Waals surface area contributed by atoms with E-state index in [0.29, 0.717) is 18.6 Å². The van der Waals surface area contributed by atoms with Gasteiger partial charge in [-0.3, -0.25) is 9.59 Å². The Bertz CT molecular complexity index is 1120. The molecule has 1 aromatic heterocycles. The Hall–Kier alpha value is -3.98. The lowest BCUT2D eigenvalue weighted by molar-refractivity contribution is -0.123. The van der Waals surface area contributed by atoms with Crippen LogP contribution in [0, 0.1) is 11.3 Å². The summed E-state index contributed by atoms with van der Waals surface area (Å²) in [6.07, 6.45) is 2.15. The molecule has 0 bridgehead atoms. The van der Waals surface area contributed by atoms with E-state index in [-0.39, 0.29) is 31.1 Å². The molecule has 3 aromatic rings. The van der Waals surface area contributed by atoms with E-state index < -0.39 is 0 Å². The molecule has 0 saturated heterocycles. The van der Waals surface area contributed by atoms with Crippen LogP contribution in [0.15, 0.2) is 90.1 Å². The Labute approximate surface area is 181 Å². The highest BCUT2D eigenvalue weighted by Crippen LogP contribution is 2.15. The first-order valence-electron chi connectivity index (χ1n) is 10.2. The number of anilines is 1. The van der Waals surface area contributed by atoms with Crippen molar-refractivity contribution in [2.24, 2.45) is 4.99 Å². The van der Waals surface area contributed by atoms with Crippen molar-refractivity contribution in [3.8, 4) is 6.07 Å². The van der Waals surface area contributed by atoms with E-state index in [0.717, 1.165) is 11.3 Å². The largest absolute Gasteiger partial charge is 0.329 e. The van der Waals surface area contributed by atoms with Gasteiger partial charge in [-0.05, 0) is 29.8 Å². The van der Waals surface area contributed by atoms with E-state index in [1.165, 1.54) is 0 Å². The zero-order chi connectivity index (χ0) is 21.9. The maximum Gasteiger partial charge on any atom is 0.248 e. The van der Waals surface area contributed by atoms with Gasteiger partial charge in [0.15, 0.2) is 0 Å². The van der Waals surface area contributed by atoms with Gasteiger partial charge >= 0.3 is 0 Å². The molecule has 1 heterocycles. The fourth-order valence-corrected chi connectivity index (χ4v) is 3.18. The molecule has 0 aliphatic carbocycles. The first-order chi connectivity index (χ1) is 15.2. The summed E-state index contributed by atoms with van der Waals surface area (Å²) in [5.41, 5.74) is 2.37. The average Bonchev–Trinajstić information content (AvgIpc) is 2.80. The summed E-state index contributed by atoms with van der Waals surface area (Å²) in [6, 6.07) is 26.7. The van der Waals surface area contributed by atoms with Gasteiger partial charge in [-0.25, -0.2) is 0 Å². The summed E-state index contributed by atoms with van der Waals surface area (Å²) in [7, 11) is 0. The van der Waals surface area contributed by atoms with Crippen LogP contribution in [0.4, 0.5) is 5.69 Å². The van der Waals surface area contributed by atoms with Gasteiger partial charge in [0.25, 0.3) is 0 Å². The molecule has 31 heavy (non-hydrogen) atoms. The molecule has 6 nitrogen and oxygen atoms in total. The number of benzene rings is 2. The van der Waals surface area contributed by atoms with Crippen molar-refractivity contribution in [1.82, 2.24) is 4.57 Å². The topological polar surface area (TPSA) is 78.5 Å². The molecule has 156 valence electrons. The number of hydrogen-bond donors (Lipinski definition) is 0. The summed E-state index contributed by atoms with van der Waals surface area (Å²) in [5.74, 6) is -0.551. The number of rotatable bonds is 8. The van der Waals surface area contributed by atoms with Gasteiger partial charge in [0.1, 0.15) is 5.49 Å². The van der Waals surface area contributed by atoms with Crippen LogP contribution in [0.5, 0.6) is 0 Å². The second-order valence-corrected chi connectivity index (χ2v) is 6.97. The Morgan fingerprint density at radius 3 is 2.29 bits per heavy atom. The van der Waals surface area contributed by atoms with Gasteiger partial charge in [-0.2, -0.15) is 10.3 Å². The summed E-state index contributed by atoms with van der Waals surface area (Å²) in [5, 5.41) is 8.90. The Kier molecular flexibility index (Phi) is 7.90. The minimum atomic E-state index is -0.352. The minimum absolute atomic E-state index is 0.00888. The zero-order valence-electron chi connectivity index (χ0n) is 17.2. The molecule has 0 saturated carbocycles. The molecular formula is C25H24N4O2. The van der Waals surface area contributed by atoms with Crippen molar-refractivity contribution in [1.29, 1.82) is 5.26 Å². The van der Waals surface area contributed by atoms with E-state index in [2.05, 4.69) is 11.1 Å². The lowest BCUT2D eigenvalue weighted by atomic mass is 10.2. The molecule has 0 atom stereocenters. The number of amides is 2. The van der Waals surface area contributed by atoms with E-state index in [4.69, 9.17) is 5.26 Å². The molecule has 2 amide bonds. The standard InChI is InChI=1S/C25H24N4O2/c26-17-9-19-29(22-12-5-2-6-13-22)25(31)16-15-24(30)27-23-14-7-8-18-28(23)20-21-10-3-1-4-11-21/h1-8,10-14,18H,9,15-16,19-20H2. The van der Waals surface area contributed by atoms with Gasteiger partial charge in [0.2, 0.25) is 11.8 Å². The number of pyridine rings is 1. The minimum Gasteiger partial charge on any atom is -0.329 e. The monoisotopic (exact) mass is 412 g/mol. The second-order valence-electron chi connectivity index (χ2n) is 6.97. The molecule has 0 unspecified atom stereocenters. The first kappa shape index (κ1) is 21.7. The summed E-state index contributed by atoms with van der Waals surface area (Å²) < 4.78 is 1.90. The van der Waals surface area contributed by atoms with E-state index >= 15 is 0 Å². The molecule has 2 aromatic carbocycles. The van der Waals surface area contributed by atoms with Gasteiger partial charge in [-0.15, -0.1) is 0 Å². The number of aromatic nitrogens is 1. The van der Waals surface area contributed by atoms with Crippen LogP contribution < -0.4 is 10.4 Å². The Morgan fingerprint density at radius 2 is 1.58 bits per heavy atom. The van der Waals surface area contributed by atoms with Crippen molar-refractivity contribution in [2.75, 3.05) is 11.4 Å². The van der Waals surface area contributed by atoms with Gasteiger partial charge < -0.3 is 9.47 Å². The first-order valence-corrected chi connectivity index (χ1v) is 10.2. The molecule has 0 aliphatic heterocycles. The predicted octanol–water partition coefficient (Wildman–Crippen LogP) is 3.69. The molecular weight excluding hydrogens is 388 g/mol. The smallest absolute Gasteiger partial charge is 0.248 e. The Morgan fingerprint density at radius 1 is 0.903 bits per heavy atom. The maximum atomic E-state index is 12.7. The van der Waals surface area contributed by atoms with Crippen molar-refractivity contribution in [2.45, 2.75) is 25.8 Å². The highest BCUT2D eigenvalue weighted by atomic mass is 16.2. The zero-order valence-corrected chi connectivity index (χ0v) is 17.2. The highest BCUT2D eigenvalue weighted by Gasteiger charge is 2.16. The lowest BCUT2D eigenvalue weighted by Crippen LogP contribution is -2.32. The quantitative estimate of drug-likeness (QED) is 0.566. The third kappa shape index (κ3) is 6.51. The molecule has 0 aliphatic rings. The molecule has 0 radical (unpaired) electrons. The number of nitriles is 1. The maximum absolute atomic E-state index is 12.7. The van der Waals surface area contributed by atoms with E-state index in [9.17, 15) is 9.59 Å². The van der Waals surface area contributed by atoms with Gasteiger partial charge in [0.05, 0.1) is 12.5 Å². The van der Waals surface area contributed by atoms with Gasteiger partial charge in [0, 0.05) is 37.8 Å². The Balaban J connectivity index is 1.68. The summed E-state index contributed by atoms with van der Waals surface area (Å²) in [6.45, 7) is 0.892. The fraction of sp³-hybridized carbons (Fsp3) is 0.200. The molecule has 0 fully saturated rings. The van der Waals surface area contributed by atoms with Crippen LogP contribution in [0.3, 0.4) is 0 Å². The van der Waals surface area contributed by atoms with Crippen molar-refractivity contribution < 1.29 is 9.59 Å². The fourth-order valence-electron chi connectivity index (χ4n) is 3.18. The van der Waals surface area contributed by atoms with Crippen LogP contribution in [0.25, 0.3) is 0 Å².